The molecule has 5 heteroatoms. The second-order valence-corrected chi connectivity index (χ2v) is 2.38. The fourth-order valence-corrected chi connectivity index (χ4v) is 0.727. The Morgan fingerprint density at radius 1 is 1.50 bits per heavy atom. The zero-order chi connectivity index (χ0) is 9.56. The Kier molecular flexibility index (Phi) is 5.61. The number of ether oxygens (including phenoxy) is 2. The number of carbonyl (C=O) groups is 1. The van der Waals surface area contributed by atoms with E-state index in [9.17, 15) is 4.79 Å². The molecule has 2 N–H and O–H groups in total. The molecule has 0 aromatic heterocycles. The summed E-state index contributed by atoms with van der Waals surface area (Å²) in [5.41, 5.74) is 5.16. The summed E-state index contributed by atoms with van der Waals surface area (Å²) in [6, 6.07) is 0. The fourth-order valence-electron chi connectivity index (χ4n) is 0.727. The molecule has 0 saturated heterocycles. The first-order valence-corrected chi connectivity index (χ1v) is 3.65. The van der Waals surface area contributed by atoms with E-state index in [-0.39, 0.29) is 18.7 Å². The Labute approximate surface area is 72.4 Å². The number of nitrogens with zero attached hydrogens (tertiary/aromatic N) is 1. The molecule has 0 aliphatic rings. The van der Waals surface area contributed by atoms with Gasteiger partial charge in [0.25, 0.3) is 0 Å². The van der Waals surface area contributed by atoms with Crippen molar-refractivity contribution in [1.29, 1.82) is 0 Å². The van der Waals surface area contributed by atoms with E-state index in [1.807, 2.05) is 0 Å². The molecule has 0 radical (unpaired) electrons. The Morgan fingerprint density at radius 3 is 2.33 bits per heavy atom. The number of hydrogen-bond acceptors (Lipinski definition) is 4. The zero-order valence-corrected chi connectivity index (χ0v) is 7.74. The van der Waals surface area contributed by atoms with E-state index in [2.05, 4.69) is 0 Å². The quantitative estimate of drug-likeness (QED) is 0.547. The molecule has 12 heavy (non-hydrogen) atoms. The van der Waals surface area contributed by atoms with Crippen molar-refractivity contribution in [3.8, 4) is 0 Å². The average molecular weight is 176 g/mol. The summed E-state index contributed by atoms with van der Waals surface area (Å²) in [5, 5.41) is 0. The lowest BCUT2D eigenvalue weighted by atomic mass is 10.5. The van der Waals surface area contributed by atoms with E-state index in [0.717, 1.165) is 0 Å². The van der Waals surface area contributed by atoms with E-state index in [1.54, 1.807) is 7.05 Å². The molecule has 0 atom stereocenters. The highest BCUT2D eigenvalue weighted by atomic mass is 16.7. The van der Waals surface area contributed by atoms with Gasteiger partial charge in [0.15, 0.2) is 6.29 Å². The topological polar surface area (TPSA) is 64.8 Å². The molecular formula is C7H16N2O3. The van der Waals surface area contributed by atoms with Gasteiger partial charge < -0.3 is 20.1 Å². The van der Waals surface area contributed by atoms with Gasteiger partial charge in [-0.2, -0.15) is 0 Å². The largest absolute Gasteiger partial charge is 0.354 e. The number of carbonyl (C=O) groups excluding carboxylic acids is 1. The molecule has 0 aromatic rings. The molecule has 1 amide bonds. The van der Waals surface area contributed by atoms with Crippen LogP contribution in [0.5, 0.6) is 0 Å². The van der Waals surface area contributed by atoms with Crippen molar-refractivity contribution < 1.29 is 14.3 Å². The normalized spacial score (nSPS) is 10.4. The molecule has 0 aliphatic heterocycles. The minimum absolute atomic E-state index is 0.0106. The summed E-state index contributed by atoms with van der Waals surface area (Å²) in [7, 11) is 4.70. The molecule has 0 heterocycles. The van der Waals surface area contributed by atoms with Gasteiger partial charge in [-0.15, -0.1) is 0 Å². The molecule has 0 fully saturated rings. The third-order valence-corrected chi connectivity index (χ3v) is 1.55. The first-order chi connectivity index (χ1) is 5.65. The lowest BCUT2D eigenvalue weighted by Gasteiger charge is -2.21. The van der Waals surface area contributed by atoms with Crippen LogP contribution in [0.3, 0.4) is 0 Å². The predicted octanol–water partition coefficient (Wildman–Crippen LogP) is -0.978. The van der Waals surface area contributed by atoms with Crippen LogP contribution < -0.4 is 5.73 Å². The highest BCUT2D eigenvalue weighted by Crippen LogP contribution is 1.94. The summed E-state index contributed by atoms with van der Waals surface area (Å²) in [5.74, 6) is -0.130. The summed E-state index contributed by atoms with van der Waals surface area (Å²) in [6.45, 7) is 0.402. The zero-order valence-electron chi connectivity index (χ0n) is 7.74. The summed E-state index contributed by atoms with van der Waals surface area (Å²) in [6.07, 6.45) is -0.384. The maximum atomic E-state index is 11.0. The van der Waals surface area contributed by atoms with Crippen LogP contribution in [-0.4, -0.2) is 51.5 Å². The van der Waals surface area contributed by atoms with Gasteiger partial charge in [0.1, 0.15) is 0 Å². The van der Waals surface area contributed by atoms with Crippen molar-refractivity contribution >= 4 is 5.91 Å². The molecule has 0 rings (SSSR count). The predicted molar refractivity (Wildman–Crippen MR) is 44.5 cm³/mol. The molecule has 0 aliphatic carbocycles. The molecule has 0 unspecified atom stereocenters. The summed E-state index contributed by atoms with van der Waals surface area (Å²) < 4.78 is 9.82. The van der Waals surface area contributed by atoms with Gasteiger partial charge in [-0.3, -0.25) is 4.79 Å². The van der Waals surface area contributed by atoms with Crippen LogP contribution >= 0.6 is 0 Å². The van der Waals surface area contributed by atoms with E-state index in [1.165, 1.54) is 19.1 Å². The van der Waals surface area contributed by atoms with Gasteiger partial charge in [0.05, 0.1) is 13.1 Å². The first kappa shape index (κ1) is 11.4. The van der Waals surface area contributed by atoms with Crippen molar-refractivity contribution in [2.75, 3.05) is 34.4 Å². The Balaban J connectivity index is 3.80. The van der Waals surface area contributed by atoms with Crippen molar-refractivity contribution in [1.82, 2.24) is 4.90 Å². The average Bonchev–Trinajstić information content (AvgIpc) is 2.12. The molecule has 72 valence electrons. The second kappa shape index (κ2) is 5.93. The molecule has 0 aromatic carbocycles. The molecule has 0 bridgehead atoms. The van der Waals surface area contributed by atoms with Gasteiger partial charge in [0.2, 0.25) is 5.91 Å². The number of hydrogen-bond donors (Lipinski definition) is 1. The number of likely N-dealkylation sites (N-methyl/N-ethyl adjacent to an activating group) is 1. The van der Waals surface area contributed by atoms with Crippen molar-refractivity contribution in [3.05, 3.63) is 0 Å². The molecular weight excluding hydrogens is 160 g/mol. The van der Waals surface area contributed by atoms with Gasteiger partial charge in [-0.1, -0.05) is 0 Å². The van der Waals surface area contributed by atoms with Crippen LogP contribution in [0.4, 0.5) is 0 Å². The van der Waals surface area contributed by atoms with Crippen LogP contribution in [0.15, 0.2) is 0 Å². The van der Waals surface area contributed by atoms with Gasteiger partial charge >= 0.3 is 0 Å². The minimum atomic E-state index is -0.384. The number of methoxy groups -OCH3 is 2. The highest BCUT2D eigenvalue weighted by Gasteiger charge is 2.12. The van der Waals surface area contributed by atoms with E-state index in [0.29, 0.717) is 6.54 Å². The lowest BCUT2D eigenvalue weighted by Crippen LogP contribution is -2.39. The number of amides is 1. The summed E-state index contributed by atoms with van der Waals surface area (Å²) >= 11 is 0. The standard InChI is InChI=1S/C7H16N2O3/c1-9(6(10)4-8)5-7(11-2)12-3/h7H,4-5,8H2,1-3H3. The Hall–Kier alpha value is -0.650. The van der Waals surface area contributed by atoms with Gasteiger partial charge in [0, 0.05) is 21.3 Å². The van der Waals surface area contributed by atoms with E-state index >= 15 is 0 Å². The third kappa shape index (κ3) is 3.66. The smallest absolute Gasteiger partial charge is 0.236 e. The molecule has 0 spiro atoms. The maximum Gasteiger partial charge on any atom is 0.236 e. The maximum absolute atomic E-state index is 11.0. The number of rotatable bonds is 5. The lowest BCUT2D eigenvalue weighted by molar-refractivity contribution is -0.141. The van der Waals surface area contributed by atoms with Crippen LogP contribution in [0.1, 0.15) is 0 Å². The SMILES string of the molecule is COC(CN(C)C(=O)CN)OC. The van der Waals surface area contributed by atoms with E-state index in [4.69, 9.17) is 15.2 Å². The fraction of sp³-hybridized carbons (Fsp3) is 0.857. The molecule has 0 saturated carbocycles. The summed E-state index contributed by atoms with van der Waals surface area (Å²) in [4.78, 5) is 12.4. The first-order valence-electron chi connectivity index (χ1n) is 3.65. The van der Waals surface area contributed by atoms with Crippen molar-refractivity contribution in [2.24, 2.45) is 5.73 Å². The van der Waals surface area contributed by atoms with Crippen LogP contribution in [0.2, 0.25) is 0 Å². The highest BCUT2D eigenvalue weighted by molar-refractivity contribution is 5.77. The Morgan fingerprint density at radius 2 is 2.00 bits per heavy atom. The van der Waals surface area contributed by atoms with E-state index < -0.39 is 0 Å². The molecule has 5 nitrogen and oxygen atoms in total. The van der Waals surface area contributed by atoms with Crippen LogP contribution in [0, 0.1) is 0 Å². The third-order valence-electron chi connectivity index (χ3n) is 1.55. The van der Waals surface area contributed by atoms with Crippen molar-refractivity contribution in [3.63, 3.8) is 0 Å². The minimum Gasteiger partial charge on any atom is -0.354 e. The van der Waals surface area contributed by atoms with Gasteiger partial charge in [-0.25, -0.2) is 0 Å². The van der Waals surface area contributed by atoms with Gasteiger partial charge in [-0.05, 0) is 0 Å². The second-order valence-electron chi connectivity index (χ2n) is 2.38. The van der Waals surface area contributed by atoms with Crippen LogP contribution in [-0.2, 0) is 14.3 Å². The monoisotopic (exact) mass is 176 g/mol. The Bertz CT molecular complexity index is 137. The number of nitrogens with two attached hydrogens (primary N) is 1. The van der Waals surface area contributed by atoms with Crippen LogP contribution in [0.25, 0.3) is 0 Å². The van der Waals surface area contributed by atoms with Crippen molar-refractivity contribution in [2.45, 2.75) is 6.29 Å².